The number of carbonyl (C=O) groups is 1. The summed E-state index contributed by atoms with van der Waals surface area (Å²) in [6, 6.07) is 7.07. The van der Waals surface area contributed by atoms with E-state index in [0.717, 1.165) is 12.0 Å². The van der Waals surface area contributed by atoms with Gasteiger partial charge in [-0.3, -0.25) is 9.69 Å². The molecule has 0 spiro atoms. The molecule has 3 rings (SSSR count). The van der Waals surface area contributed by atoms with Crippen molar-refractivity contribution in [2.45, 2.75) is 54.8 Å². The molecular weight excluding hydrogens is 359 g/mol. The fourth-order valence-electron chi connectivity index (χ4n) is 3.86. The number of aldehydes is 1. The van der Waals surface area contributed by atoms with Gasteiger partial charge >= 0.3 is 6.18 Å². The number of hydrogen-bond acceptors (Lipinski definition) is 2. The van der Waals surface area contributed by atoms with E-state index < -0.39 is 16.2 Å². The molecule has 1 aliphatic heterocycles. The van der Waals surface area contributed by atoms with Crippen LogP contribution in [0.4, 0.5) is 13.2 Å². The molecule has 1 aliphatic carbocycles. The Bertz CT molecular complexity index is 583. The van der Waals surface area contributed by atoms with Crippen LogP contribution >= 0.6 is 15.9 Å². The molecule has 1 fully saturated rings. The van der Waals surface area contributed by atoms with Gasteiger partial charge in [-0.1, -0.05) is 59.5 Å². The monoisotopic (exact) mass is 375 g/mol. The van der Waals surface area contributed by atoms with Crippen LogP contribution in [0.1, 0.15) is 43.2 Å². The number of benzene rings is 1. The van der Waals surface area contributed by atoms with E-state index in [1.807, 2.05) is 0 Å². The van der Waals surface area contributed by atoms with Crippen LogP contribution in [-0.2, 0) is 15.8 Å². The summed E-state index contributed by atoms with van der Waals surface area (Å²) in [6.07, 6.45) is -1.78. The molecule has 0 saturated heterocycles. The number of rotatable bonds is 2. The Morgan fingerprint density at radius 2 is 1.77 bits per heavy atom. The normalized spacial score (nSPS) is 28.4. The fourth-order valence-corrected chi connectivity index (χ4v) is 4.72. The average molecular weight is 376 g/mol. The van der Waals surface area contributed by atoms with E-state index in [-0.39, 0.29) is 19.4 Å². The average Bonchev–Trinajstić information content (AvgIpc) is 2.81. The quantitative estimate of drug-likeness (QED) is 0.430. The Morgan fingerprint density at radius 3 is 2.36 bits per heavy atom. The van der Waals surface area contributed by atoms with Crippen molar-refractivity contribution in [3.63, 3.8) is 0 Å². The molecule has 0 aromatic heterocycles. The third-order valence-corrected chi connectivity index (χ3v) is 6.04. The number of nitrogens with zero attached hydrogens (tertiary/aromatic N) is 1. The molecule has 1 unspecified atom stereocenters. The van der Waals surface area contributed by atoms with E-state index in [1.165, 1.54) is 4.90 Å². The maximum Gasteiger partial charge on any atom is 0.406 e. The third kappa shape index (κ3) is 2.14. The Hall–Kier alpha value is -0.880. The topological polar surface area (TPSA) is 20.3 Å². The van der Waals surface area contributed by atoms with Crippen molar-refractivity contribution in [3.8, 4) is 0 Å². The van der Waals surface area contributed by atoms with E-state index in [9.17, 15) is 18.0 Å². The van der Waals surface area contributed by atoms with Gasteiger partial charge in [-0.05, 0) is 24.0 Å². The van der Waals surface area contributed by atoms with Gasteiger partial charge in [0, 0.05) is 6.54 Å². The van der Waals surface area contributed by atoms with Crippen molar-refractivity contribution in [2.24, 2.45) is 0 Å². The van der Waals surface area contributed by atoms with E-state index >= 15 is 0 Å². The van der Waals surface area contributed by atoms with Gasteiger partial charge in [0.25, 0.3) is 0 Å². The number of hydrogen-bond donors (Lipinski definition) is 0. The first-order valence-electron chi connectivity index (χ1n) is 7.43. The van der Waals surface area contributed by atoms with E-state index in [1.54, 1.807) is 24.3 Å². The summed E-state index contributed by atoms with van der Waals surface area (Å²) >= 11 is 3.33. The Kier molecular flexibility index (Phi) is 3.88. The summed E-state index contributed by atoms with van der Waals surface area (Å²) in [7, 11) is 0. The molecule has 1 atom stereocenters. The second-order valence-corrected chi connectivity index (χ2v) is 7.33. The van der Waals surface area contributed by atoms with Crippen molar-refractivity contribution < 1.29 is 18.0 Å². The molecule has 0 amide bonds. The van der Waals surface area contributed by atoms with Crippen LogP contribution in [0.15, 0.2) is 24.3 Å². The molecule has 6 heteroatoms. The predicted molar refractivity (Wildman–Crippen MR) is 80.5 cm³/mol. The van der Waals surface area contributed by atoms with Crippen molar-refractivity contribution in [1.29, 1.82) is 0 Å². The van der Waals surface area contributed by atoms with Crippen molar-refractivity contribution in [1.82, 2.24) is 4.90 Å². The Labute approximate surface area is 135 Å². The van der Waals surface area contributed by atoms with Crippen LogP contribution in [-0.4, -0.2) is 22.9 Å². The minimum absolute atomic E-state index is 0.0473. The van der Waals surface area contributed by atoms with Crippen LogP contribution in [0, 0.1) is 0 Å². The molecule has 0 bridgehead atoms. The van der Waals surface area contributed by atoms with Gasteiger partial charge in [-0.25, -0.2) is 0 Å². The maximum absolute atomic E-state index is 14.0. The fraction of sp³-hybridized carbons (Fsp3) is 0.562. The number of halogens is 4. The van der Waals surface area contributed by atoms with Gasteiger partial charge in [0.1, 0.15) is 5.54 Å². The highest BCUT2D eigenvalue weighted by Crippen LogP contribution is 2.55. The van der Waals surface area contributed by atoms with Crippen molar-refractivity contribution in [2.75, 3.05) is 0 Å². The Balaban J connectivity index is 2.12. The highest BCUT2D eigenvalue weighted by Gasteiger charge is 2.64. The molecule has 0 N–H and O–H groups in total. The van der Waals surface area contributed by atoms with Crippen LogP contribution in [0.25, 0.3) is 0 Å². The van der Waals surface area contributed by atoms with Crippen LogP contribution in [0.5, 0.6) is 0 Å². The molecule has 1 aromatic carbocycles. The van der Waals surface area contributed by atoms with Gasteiger partial charge < -0.3 is 0 Å². The summed E-state index contributed by atoms with van der Waals surface area (Å²) < 4.78 is 40.5. The third-order valence-electron chi connectivity index (χ3n) is 5.00. The van der Waals surface area contributed by atoms with Crippen molar-refractivity contribution in [3.05, 3.63) is 35.4 Å². The lowest BCUT2D eigenvalue weighted by atomic mass is 9.79. The van der Waals surface area contributed by atoms with Gasteiger partial charge in [0.05, 0.1) is 0 Å². The lowest BCUT2D eigenvalue weighted by molar-refractivity contribution is -0.250. The molecule has 22 heavy (non-hydrogen) atoms. The summed E-state index contributed by atoms with van der Waals surface area (Å²) in [5.41, 5.74) is -0.533. The standard InChI is InChI=1S/C16H17BrF3NO/c17-15(11-22)13-7-3-2-6-12(13)10-21(15)14(16(18,19)20)8-4-1-5-9-14/h2-3,6-7,11H,1,4-5,8-10H2. The zero-order valence-electron chi connectivity index (χ0n) is 12.0. The molecule has 120 valence electrons. The molecule has 2 nitrogen and oxygen atoms in total. The lowest BCUT2D eigenvalue weighted by Gasteiger charge is -2.49. The van der Waals surface area contributed by atoms with Gasteiger partial charge in [-0.15, -0.1) is 0 Å². The molecule has 2 aliphatic rings. The first-order chi connectivity index (χ1) is 10.4. The lowest BCUT2D eigenvalue weighted by Crippen LogP contribution is -2.62. The summed E-state index contributed by atoms with van der Waals surface area (Å²) in [5.74, 6) is 0. The zero-order valence-corrected chi connectivity index (χ0v) is 13.6. The molecule has 0 radical (unpaired) electrons. The highest BCUT2D eigenvalue weighted by atomic mass is 79.9. The second kappa shape index (κ2) is 5.34. The summed E-state index contributed by atoms with van der Waals surface area (Å²) in [4.78, 5) is 13.1. The number of alkyl halides is 4. The van der Waals surface area contributed by atoms with E-state index in [4.69, 9.17) is 0 Å². The van der Waals surface area contributed by atoms with Gasteiger partial charge in [0.2, 0.25) is 0 Å². The number of fused-ring (bicyclic) bond motifs is 1. The summed E-state index contributed by atoms with van der Waals surface area (Å²) in [6.45, 7) is 0.139. The van der Waals surface area contributed by atoms with Crippen LogP contribution in [0.2, 0.25) is 0 Å². The minimum atomic E-state index is -4.36. The van der Waals surface area contributed by atoms with Crippen LogP contribution < -0.4 is 0 Å². The zero-order chi connectivity index (χ0) is 16.0. The van der Waals surface area contributed by atoms with E-state index in [0.29, 0.717) is 24.7 Å². The molecule has 1 saturated carbocycles. The molecular formula is C16H17BrF3NO. The molecule has 1 heterocycles. The smallest absolute Gasteiger partial charge is 0.300 e. The van der Waals surface area contributed by atoms with Gasteiger partial charge in [0.15, 0.2) is 10.7 Å². The van der Waals surface area contributed by atoms with Crippen LogP contribution in [0.3, 0.4) is 0 Å². The SMILES string of the molecule is O=CC1(Br)c2ccccc2CN1C1(C(F)(F)F)CCCCC1. The number of carbonyl (C=O) groups excluding carboxylic acids is 1. The predicted octanol–water partition coefficient (Wildman–Crippen LogP) is 4.51. The maximum atomic E-state index is 14.0. The second-order valence-electron chi connectivity index (χ2n) is 6.12. The van der Waals surface area contributed by atoms with Crippen molar-refractivity contribution >= 4 is 22.2 Å². The highest BCUT2D eigenvalue weighted by molar-refractivity contribution is 9.10. The Morgan fingerprint density at radius 1 is 1.14 bits per heavy atom. The minimum Gasteiger partial charge on any atom is -0.300 e. The van der Waals surface area contributed by atoms with Gasteiger partial charge in [-0.2, -0.15) is 13.2 Å². The first kappa shape index (κ1) is 16.0. The largest absolute Gasteiger partial charge is 0.406 e. The first-order valence-corrected chi connectivity index (χ1v) is 8.22. The van der Waals surface area contributed by atoms with E-state index in [2.05, 4.69) is 15.9 Å². The summed E-state index contributed by atoms with van der Waals surface area (Å²) in [5, 5.41) is 0. The molecule has 1 aromatic rings.